The zero-order valence-electron chi connectivity index (χ0n) is 54.8. The first kappa shape index (κ1) is 73.2. The monoisotopic (exact) mass is 1260 g/mol. The Hall–Kier alpha value is -5.58. The van der Waals surface area contributed by atoms with Crippen LogP contribution in [0.5, 0.6) is 0 Å². The van der Waals surface area contributed by atoms with E-state index in [0.717, 1.165) is 56.9 Å². The number of nitrogens with two attached hydrogens (primary N) is 1. The number of rotatable bonds is 30. The molecule has 0 bridgehead atoms. The summed E-state index contributed by atoms with van der Waals surface area (Å²) in [6.45, 7) is 25.9. The first-order chi connectivity index (χ1) is 41.3. The highest BCUT2D eigenvalue weighted by Crippen LogP contribution is 2.48. The fourth-order valence-corrected chi connectivity index (χ4v) is 15.1. The van der Waals surface area contributed by atoms with Crippen molar-refractivity contribution in [3.05, 3.63) is 72.4 Å². The summed E-state index contributed by atoms with van der Waals surface area (Å²) >= 11 is 3.21. The lowest BCUT2D eigenvalue weighted by atomic mass is 9.83. The lowest BCUT2D eigenvalue weighted by Gasteiger charge is -2.35. The van der Waals surface area contributed by atoms with Gasteiger partial charge in [-0.15, -0.1) is 23.5 Å². The summed E-state index contributed by atoms with van der Waals surface area (Å²) in [7, 11) is 2.95. The maximum atomic E-state index is 14.5. The molecule has 0 saturated carbocycles. The summed E-state index contributed by atoms with van der Waals surface area (Å²) in [6.07, 6.45) is 16.1. The normalized spacial score (nSPS) is 22.8. The number of benzene rings is 1. The Morgan fingerprint density at radius 1 is 0.761 bits per heavy atom. The molecule has 4 fully saturated rings. The highest BCUT2D eigenvalue weighted by atomic mass is 32.2. The molecule has 0 aliphatic carbocycles. The predicted molar refractivity (Wildman–Crippen MR) is 347 cm³/mol. The maximum absolute atomic E-state index is 14.5. The number of hydrogen-bond donors (Lipinski definition) is 4. The minimum atomic E-state index is -0.966. The highest BCUT2D eigenvalue weighted by Gasteiger charge is 2.56. The number of thioether (sulfide) groups is 2. The third-order valence-electron chi connectivity index (χ3n) is 16.3. The SMILES string of the molecule is C=C(/C=C\C=C/C)[C@@H](COCCCCCCCCCCOC[C@@H](NC(=O)[C@H]1N2C(=O)CC(C[C@@H](C(N)=O)N(C)C(=O)OC(C)(C)C)CS[C@H]2CC1(C)C)c1ccccc1)NC(=O)[C@H]1N2C(=O)[C@@H](NC(=O)CN(C)C(=O)OC(C)(C)C)CCS[C@H]2CC1(C)C. The van der Waals surface area contributed by atoms with E-state index in [2.05, 4.69) is 22.5 Å². The summed E-state index contributed by atoms with van der Waals surface area (Å²) < 4.78 is 23.3. The van der Waals surface area contributed by atoms with Crippen molar-refractivity contribution in [2.24, 2.45) is 22.5 Å². The molecule has 5 N–H and O–H groups in total. The summed E-state index contributed by atoms with van der Waals surface area (Å²) in [6, 6.07) is 5.37. The van der Waals surface area contributed by atoms with Crippen molar-refractivity contribution >= 4 is 71.2 Å². The van der Waals surface area contributed by atoms with Gasteiger partial charge in [0, 0.05) is 33.7 Å². The molecule has 4 aliphatic rings. The number of allylic oxidation sites excluding steroid dienone is 3. The second kappa shape index (κ2) is 33.5. The average molecular weight is 1270 g/mol. The second-order valence-electron chi connectivity index (χ2n) is 27.4. The van der Waals surface area contributed by atoms with E-state index >= 15 is 0 Å². The first-order valence-corrected chi connectivity index (χ1v) is 33.6. The van der Waals surface area contributed by atoms with E-state index in [1.54, 1.807) is 74.9 Å². The Kier molecular flexibility index (Phi) is 27.8. The molecule has 492 valence electrons. The molecule has 0 spiro atoms. The van der Waals surface area contributed by atoms with Crippen LogP contribution in [-0.4, -0.2) is 178 Å². The first-order valence-electron chi connectivity index (χ1n) is 31.5. The van der Waals surface area contributed by atoms with E-state index in [1.807, 2.05) is 89.3 Å². The number of fused-ring (bicyclic) bond motifs is 2. The van der Waals surface area contributed by atoms with Crippen molar-refractivity contribution in [3.63, 3.8) is 0 Å². The molecule has 1 aromatic carbocycles. The largest absolute Gasteiger partial charge is 0.444 e. The van der Waals surface area contributed by atoms with Gasteiger partial charge in [-0.25, -0.2) is 9.59 Å². The van der Waals surface area contributed by atoms with Crippen LogP contribution in [0.3, 0.4) is 0 Å². The van der Waals surface area contributed by atoms with Gasteiger partial charge in [0.1, 0.15) is 41.9 Å². The molecule has 4 aliphatic heterocycles. The maximum Gasteiger partial charge on any atom is 0.410 e. The van der Waals surface area contributed by atoms with Crippen LogP contribution in [0.2, 0.25) is 0 Å². The number of nitrogens with zero attached hydrogens (tertiary/aromatic N) is 4. The van der Waals surface area contributed by atoms with Gasteiger partial charge >= 0.3 is 12.2 Å². The number of amides is 8. The van der Waals surface area contributed by atoms with Gasteiger partial charge in [0.2, 0.25) is 35.4 Å². The van der Waals surface area contributed by atoms with Crippen molar-refractivity contribution in [1.82, 2.24) is 35.6 Å². The molecule has 20 nitrogen and oxygen atoms in total. The zero-order valence-corrected chi connectivity index (χ0v) is 56.5. The van der Waals surface area contributed by atoms with Crippen molar-refractivity contribution in [2.75, 3.05) is 58.6 Å². The van der Waals surface area contributed by atoms with E-state index < -0.39 is 82.3 Å². The molecular formula is C66H104N8O12S2. The minimum absolute atomic E-state index is 0.107. The van der Waals surface area contributed by atoms with E-state index in [4.69, 9.17) is 24.7 Å². The molecule has 1 aromatic rings. The van der Waals surface area contributed by atoms with Gasteiger partial charge in [-0.2, -0.15) is 0 Å². The van der Waals surface area contributed by atoms with Crippen molar-refractivity contribution < 1.29 is 57.3 Å². The van der Waals surface area contributed by atoms with Gasteiger partial charge in [0.05, 0.1) is 36.0 Å². The number of unbranched alkanes of at least 4 members (excludes halogenated alkanes) is 7. The number of nitrogens with one attached hydrogen (secondary N) is 3. The smallest absolute Gasteiger partial charge is 0.410 e. The number of hydrogen-bond acceptors (Lipinski definition) is 14. The van der Waals surface area contributed by atoms with E-state index in [0.29, 0.717) is 49.6 Å². The van der Waals surface area contributed by atoms with Gasteiger partial charge in [0.15, 0.2) is 0 Å². The van der Waals surface area contributed by atoms with E-state index in [-0.39, 0.29) is 72.9 Å². The quantitative estimate of drug-likeness (QED) is 0.0414. The minimum Gasteiger partial charge on any atom is -0.444 e. The average Bonchev–Trinajstić information content (AvgIpc) is 1.62. The molecular weight excluding hydrogens is 1160 g/mol. The number of carbonyl (C=O) groups excluding carboxylic acids is 8. The van der Waals surface area contributed by atoms with Crippen LogP contribution in [0.15, 0.2) is 66.8 Å². The van der Waals surface area contributed by atoms with Crippen molar-refractivity contribution in [3.8, 4) is 0 Å². The fourth-order valence-electron chi connectivity index (χ4n) is 11.8. The van der Waals surface area contributed by atoms with Crippen molar-refractivity contribution in [1.29, 1.82) is 0 Å². The third kappa shape index (κ3) is 22.1. The number of ether oxygens (including phenoxy) is 4. The lowest BCUT2D eigenvalue weighted by Crippen LogP contribution is -2.58. The Morgan fingerprint density at radius 3 is 1.89 bits per heavy atom. The fraction of sp³-hybridized carbons (Fsp3) is 0.697. The predicted octanol–water partition coefficient (Wildman–Crippen LogP) is 9.43. The van der Waals surface area contributed by atoms with Crippen LogP contribution >= 0.6 is 23.5 Å². The molecule has 0 aromatic heterocycles. The van der Waals surface area contributed by atoms with Crippen LogP contribution in [0.4, 0.5) is 9.59 Å². The summed E-state index contributed by atoms with van der Waals surface area (Å²) in [4.78, 5) is 115. The molecule has 0 radical (unpaired) electrons. The number of primary amides is 1. The highest BCUT2D eigenvalue weighted by molar-refractivity contribution is 8.00. The molecule has 5 rings (SSSR count). The van der Waals surface area contributed by atoms with Gasteiger partial charge in [-0.3, -0.25) is 33.7 Å². The van der Waals surface area contributed by atoms with Gasteiger partial charge < -0.3 is 55.3 Å². The summed E-state index contributed by atoms with van der Waals surface area (Å²) in [5.74, 6) is -1.31. The van der Waals surface area contributed by atoms with Crippen LogP contribution in [0.1, 0.15) is 171 Å². The molecule has 4 heterocycles. The Labute approximate surface area is 532 Å². The Bertz CT molecular complexity index is 2600. The molecule has 4 saturated heterocycles. The van der Waals surface area contributed by atoms with Crippen LogP contribution < -0.4 is 21.7 Å². The standard InChI is InChI=1S/C66H104N8O12S2/c1-15-16-24-29-44(2)48(69-59(79)56-66(11,12)39-54-74(56)60(80)47(32-35-87-54)68-51(75)40-71(13)61(81)85-63(3,4)5)41-83-33-27-21-19-17-18-20-22-28-34-84-42-49(46-30-25-23-26-31-46)70-58(78)55-65(9,10)38-53-73(55)52(76)37-45(43-88-53)36-50(57(67)77)72(14)62(82)86-64(6,7)8/h15-16,23-26,29-31,45,47-50,53-56H,2,17-22,27-28,32-43H2,1,3-14H3,(H2,67,77)(H,68,75)(H,69,79)(H,70,78)/b16-15-,29-24-/t45?,47-,48+,49+,50-,53-,54-,55+,56+/m0/s1. The van der Waals surface area contributed by atoms with Gasteiger partial charge in [-0.05, 0) is 126 Å². The second-order valence-corrected chi connectivity index (χ2v) is 29.9. The molecule has 1 unspecified atom stereocenters. The molecule has 9 atom stereocenters. The summed E-state index contributed by atoms with van der Waals surface area (Å²) in [5, 5.41) is 8.81. The lowest BCUT2D eigenvalue weighted by molar-refractivity contribution is -0.144. The van der Waals surface area contributed by atoms with Crippen LogP contribution in [0, 0.1) is 16.7 Å². The van der Waals surface area contributed by atoms with Crippen molar-refractivity contribution in [2.45, 2.75) is 218 Å². The number of likely N-dealkylation sites (N-methyl/N-ethyl adjacent to an activating group) is 2. The van der Waals surface area contributed by atoms with Crippen LogP contribution in [0.25, 0.3) is 0 Å². The van der Waals surface area contributed by atoms with Crippen LogP contribution in [-0.2, 0) is 47.7 Å². The molecule has 8 amide bonds. The number of carbonyl (C=O) groups is 8. The molecule has 88 heavy (non-hydrogen) atoms. The van der Waals surface area contributed by atoms with Gasteiger partial charge in [0.25, 0.3) is 0 Å². The van der Waals surface area contributed by atoms with Gasteiger partial charge in [-0.1, -0.05) is 127 Å². The van der Waals surface area contributed by atoms with E-state index in [9.17, 15) is 38.4 Å². The Morgan fingerprint density at radius 2 is 1.31 bits per heavy atom. The molecule has 22 heteroatoms. The summed E-state index contributed by atoms with van der Waals surface area (Å²) in [5.41, 5.74) is 4.78. The van der Waals surface area contributed by atoms with E-state index in [1.165, 1.54) is 23.9 Å². The third-order valence-corrected chi connectivity index (χ3v) is 19.0. The zero-order chi connectivity index (χ0) is 65.1. The Balaban J connectivity index is 1.04. The topological polar surface area (TPSA) is 249 Å².